The molecule has 0 aliphatic heterocycles. The van der Waals surface area contributed by atoms with Crippen molar-refractivity contribution in [2.45, 2.75) is 38.5 Å². The monoisotopic (exact) mass is 255 g/mol. The minimum Gasteiger partial charge on any atom is -0.303 e. The van der Waals surface area contributed by atoms with Gasteiger partial charge in [0.05, 0.1) is 6.61 Å². The zero-order valence-electron chi connectivity index (χ0n) is 8.96. The Morgan fingerprint density at radius 2 is 1.69 bits per heavy atom. The molecule has 0 aromatic rings. The molecule has 4 N–H and O–H groups in total. The molecule has 0 aliphatic rings. The van der Waals surface area contributed by atoms with Crippen LogP contribution in [0.15, 0.2) is 0 Å². The van der Waals surface area contributed by atoms with Crippen molar-refractivity contribution in [1.29, 1.82) is 0 Å². The normalized spacial score (nSPS) is 11.4. The van der Waals surface area contributed by atoms with Crippen LogP contribution in [-0.4, -0.2) is 27.5 Å². The third kappa shape index (κ3) is 11.6. The number of hydroxylamine groups is 1. The summed E-state index contributed by atoms with van der Waals surface area (Å²) in [5.41, 5.74) is 1.55. The molecule has 0 bridgehead atoms. The minimum atomic E-state index is -4.32. The highest BCUT2D eigenvalue weighted by Gasteiger charge is 2.12. The lowest BCUT2D eigenvalue weighted by molar-refractivity contribution is -0.129. The van der Waals surface area contributed by atoms with Gasteiger partial charge in [0, 0.05) is 6.42 Å². The van der Waals surface area contributed by atoms with Gasteiger partial charge < -0.3 is 9.79 Å². The molecule has 7 nitrogen and oxygen atoms in total. The summed E-state index contributed by atoms with van der Waals surface area (Å²) < 4.78 is 14.5. The number of hydrogen-bond acceptors (Lipinski definition) is 4. The fourth-order valence-corrected chi connectivity index (χ4v) is 1.52. The molecule has 16 heavy (non-hydrogen) atoms. The fourth-order valence-electron chi connectivity index (χ4n) is 1.16. The van der Waals surface area contributed by atoms with Gasteiger partial charge in [-0.15, -0.1) is 0 Å². The molecule has 0 aromatic heterocycles. The Balaban J connectivity index is 3.16. The molecule has 0 rings (SSSR count). The predicted octanol–water partition coefficient (Wildman–Crippen LogP) is 0.942. The fraction of sp³-hybridized carbons (Fsp3) is 0.875. The summed E-state index contributed by atoms with van der Waals surface area (Å²) in [5, 5.41) is 8.19. The number of carbonyl (C=O) groups is 1. The molecule has 0 aliphatic carbocycles. The SMILES string of the molecule is O=C(CCCCCCCOP(=O)(O)O)NO. The first kappa shape index (κ1) is 15.5. The van der Waals surface area contributed by atoms with Gasteiger partial charge in [0.2, 0.25) is 5.91 Å². The van der Waals surface area contributed by atoms with Crippen LogP contribution < -0.4 is 5.48 Å². The molecule has 0 atom stereocenters. The Kier molecular flexibility index (Phi) is 8.42. The molecule has 0 saturated carbocycles. The summed E-state index contributed by atoms with van der Waals surface area (Å²) >= 11 is 0. The van der Waals surface area contributed by atoms with E-state index in [9.17, 15) is 9.36 Å². The van der Waals surface area contributed by atoms with Crippen molar-refractivity contribution in [2.24, 2.45) is 0 Å². The lowest BCUT2D eigenvalue weighted by Crippen LogP contribution is -2.17. The van der Waals surface area contributed by atoms with Gasteiger partial charge in [0.25, 0.3) is 0 Å². The van der Waals surface area contributed by atoms with E-state index in [-0.39, 0.29) is 13.0 Å². The van der Waals surface area contributed by atoms with Crippen LogP contribution in [0.1, 0.15) is 38.5 Å². The standard InChI is InChI=1S/C8H18NO6P/c10-8(9-11)6-4-2-1-3-5-7-15-16(12,13)14/h11H,1-7H2,(H,9,10)(H2,12,13,14). The topological polar surface area (TPSA) is 116 Å². The summed E-state index contributed by atoms with van der Waals surface area (Å²) in [5.74, 6) is -0.398. The van der Waals surface area contributed by atoms with Crippen LogP contribution in [0.2, 0.25) is 0 Å². The second kappa shape index (κ2) is 8.66. The first-order valence-electron chi connectivity index (χ1n) is 5.09. The Bertz CT molecular complexity index is 241. The molecule has 0 radical (unpaired) electrons. The van der Waals surface area contributed by atoms with Gasteiger partial charge >= 0.3 is 7.82 Å². The van der Waals surface area contributed by atoms with Gasteiger partial charge in [-0.3, -0.25) is 14.5 Å². The summed E-state index contributed by atoms with van der Waals surface area (Å²) in [7, 11) is -4.32. The highest BCUT2D eigenvalue weighted by atomic mass is 31.2. The number of phosphoric acid groups is 1. The van der Waals surface area contributed by atoms with E-state index < -0.39 is 13.7 Å². The molecule has 0 unspecified atom stereocenters. The summed E-state index contributed by atoms with van der Waals surface area (Å²) in [6.07, 6.45) is 4.05. The average molecular weight is 255 g/mol. The molecule has 0 saturated heterocycles. The van der Waals surface area contributed by atoms with Crippen molar-refractivity contribution < 1.29 is 28.9 Å². The van der Waals surface area contributed by atoms with E-state index in [1.807, 2.05) is 0 Å². The van der Waals surface area contributed by atoms with Crippen LogP contribution >= 0.6 is 7.82 Å². The van der Waals surface area contributed by atoms with Crippen LogP contribution in [0.3, 0.4) is 0 Å². The second-order valence-corrected chi connectivity index (χ2v) is 4.62. The Hall–Kier alpha value is -0.460. The van der Waals surface area contributed by atoms with Crippen LogP contribution in [-0.2, 0) is 13.9 Å². The van der Waals surface area contributed by atoms with Crippen molar-refractivity contribution in [3.05, 3.63) is 0 Å². The Morgan fingerprint density at radius 1 is 1.12 bits per heavy atom. The maximum atomic E-state index is 10.6. The lowest BCUT2D eigenvalue weighted by Gasteiger charge is -2.04. The van der Waals surface area contributed by atoms with E-state index in [4.69, 9.17) is 15.0 Å². The van der Waals surface area contributed by atoms with E-state index in [1.54, 1.807) is 5.48 Å². The second-order valence-electron chi connectivity index (χ2n) is 3.38. The number of rotatable bonds is 9. The zero-order valence-corrected chi connectivity index (χ0v) is 9.86. The predicted molar refractivity (Wildman–Crippen MR) is 55.6 cm³/mol. The molecular weight excluding hydrogens is 237 g/mol. The van der Waals surface area contributed by atoms with Crippen LogP contribution in [0, 0.1) is 0 Å². The molecule has 96 valence electrons. The van der Waals surface area contributed by atoms with Gasteiger partial charge in [0.1, 0.15) is 0 Å². The van der Waals surface area contributed by atoms with Crippen molar-refractivity contribution in [3.63, 3.8) is 0 Å². The smallest absolute Gasteiger partial charge is 0.303 e. The molecule has 0 fully saturated rings. The maximum Gasteiger partial charge on any atom is 0.469 e. The molecule has 8 heteroatoms. The molecular formula is C8H18NO6P. The van der Waals surface area contributed by atoms with Gasteiger partial charge in [-0.25, -0.2) is 10.0 Å². The summed E-state index contributed by atoms with van der Waals surface area (Å²) in [6.45, 7) is 0.0431. The van der Waals surface area contributed by atoms with Crippen molar-refractivity contribution >= 4 is 13.7 Å². The van der Waals surface area contributed by atoms with Crippen LogP contribution in [0.25, 0.3) is 0 Å². The van der Waals surface area contributed by atoms with E-state index in [0.717, 1.165) is 19.3 Å². The minimum absolute atomic E-state index is 0.0431. The Morgan fingerprint density at radius 3 is 2.25 bits per heavy atom. The van der Waals surface area contributed by atoms with Crippen molar-refractivity contribution in [2.75, 3.05) is 6.61 Å². The molecule has 0 aromatic carbocycles. The van der Waals surface area contributed by atoms with Gasteiger partial charge in [-0.2, -0.15) is 0 Å². The highest BCUT2D eigenvalue weighted by Crippen LogP contribution is 2.35. The highest BCUT2D eigenvalue weighted by molar-refractivity contribution is 7.46. The Labute approximate surface area is 94.0 Å². The first-order chi connectivity index (χ1) is 7.45. The van der Waals surface area contributed by atoms with Crippen LogP contribution in [0.4, 0.5) is 0 Å². The number of hydrogen-bond donors (Lipinski definition) is 4. The average Bonchev–Trinajstić information content (AvgIpc) is 2.20. The van der Waals surface area contributed by atoms with Crippen LogP contribution in [0.5, 0.6) is 0 Å². The summed E-state index contributed by atoms with van der Waals surface area (Å²) in [4.78, 5) is 27.3. The molecule has 0 heterocycles. The number of phosphoric ester groups is 1. The summed E-state index contributed by atoms with van der Waals surface area (Å²) in [6, 6.07) is 0. The largest absolute Gasteiger partial charge is 0.469 e. The van der Waals surface area contributed by atoms with E-state index in [0.29, 0.717) is 12.8 Å². The maximum absolute atomic E-state index is 10.6. The third-order valence-electron chi connectivity index (χ3n) is 1.93. The number of unbranched alkanes of at least 4 members (excludes halogenated alkanes) is 4. The van der Waals surface area contributed by atoms with E-state index >= 15 is 0 Å². The molecule has 0 spiro atoms. The lowest BCUT2D eigenvalue weighted by atomic mass is 10.1. The van der Waals surface area contributed by atoms with Crippen molar-refractivity contribution in [1.82, 2.24) is 5.48 Å². The number of carbonyl (C=O) groups excluding carboxylic acids is 1. The third-order valence-corrected chi connectivity index (χ3v) is 2.45. The quantitative estimate of drug-likeness (QED) is 0.211. The number of nitrogens with one attached hydrogen (secondary N) is 1. The zero-order chi connectivity index (χ0) is 12.4. The van der Waals surface area contributed by atoms with Crippen molar-refractivity contribution in [3.8, 4) is 0 Å². The van der Waals surface area contributed by atoms with Gasteiger partial charge in [-0.1, -0.05) is 19.3 Å². The van der Waals surface area contributed by atoms with Gasteiger partial charge in [0.15, 0.2) is 0 Å². The first-order valence-corrected chi connectivity index (χ1v) is 6.62. The van der Waals surface area contributed by atoms with E-state index in [1.165, 1.54) is 0 Å². The number of amides is 1. The van der Waals surface area contributed by atoms with E-state index in [2.05, 4.69) is 4.52 Å². The van der Waals surface area contributed by atoms with Gasteiger partial charge in [-0.05, 0) is 12.8 Å². The molecule has 1 amide bonds.